The van der Waals surface area contributed by atoms with Crippen molar-refractivity contribution in [2.45, 2.75) is 46.6 Å². The molecule has 0 radical (unpaired) electrons. The predicted octanol–water partition coefficient (Wildman–Crippen LogP) is 3.04. The molecule has 2 nitrogen and oxygen atoms in total. The summed E-state index contributed by atoms with van der Waals surface area (Å²) in [6.45, 7) is 10.1. The smallest absolute Gasteiger partial charge is 0.0404 e. The van der Waals surface area contributed by atoms with Gasteiger partial charge in [0.2, 0.25) is 0 Å². The molecule has 1 atom stereocenters. The minimum atomic E-state index is 0.310. The topological polar surface area (TPSA) is 24.9 Å². The summed E-state index contributed by atoms with van der Waals surface area (Å²) >= 11 is 0. The summed E-state index contributed by atoms with van der Waals surface area (Å²) in [5.41, 5.74) is 1.50. The Kier molecular flexibility index (Phi) is 4.94. The summed E-state index contributed by atoms with van der Waals surface area (Å²) in [6, 6.07) is 6.68. The van der Waals surface area contributed by atoms with E-state index < -0.39 is 0 Å². The molecule has 0 aromatic carbocycles. The standard InChI is InChI=1S/C14H24N2/c1-5-15-13(14(2,3)4)10-9-12-8-6-7-11-16-12/h6-8,11,13,15H,5,9-10H2,1-4H3. The summed E-state index contributed by atoms with van der Waals surface area (Å²) in [4.78, 5) is 4.37. The highest BCUT2D eigenvalue weighted by Crippen LogP contribution is 2.22. The van der Waals surface area contributed by atoms with Gasteiger partial charge in [-0.25, -0.2) is 0 Å². The number of aryl methyl sites for hydroxylation is 1. The van der Waals surface area contributed by atoms with Gasteiger partial charge in [-0.1, -0.05) is 33.8 Å². The second-order valence-corrected chi connectivity index (χ2v) is 5.34. The van der Waals surface area contributed by atoms with E-state index in [2.05, 4.69) is 50.1 Å². The molecule has 0 saturated heterocycles. The van der Waals surface area contributed by atoms with Crippen LogP contribution >= 0.6 is 0 Å². The minimum absolute atomic E-state index is 0.310. The minimum Gasteiger partial charge on any atom is -0.314 e. The van der Waals surface area contributed by atoms with Crippen LogP contribution in [-0.4, -0.2) is 17.6 Å². The van der Waals surface area contributed by atoms with E-state index in [1.54, 1.807) is 0 Å². The second-order valence-electron chi connectivity index (χ2n) is 5.34. The Morgan fingerprint density at radius 3 is 2.56 bits per heavy atom. The molecule has 16 heavy (non-hydrogen) atoms. The van der Waals surface area contributed by atoms with Gasteiger partial charge in [-0.3, -0.25) is 4.98 Å². The maximum atomic E-state index is 4.37. The average molecular weight is 220 g/mol. The fourth-order valence-corrected chi connectivity index (χ4v) is 1.93. The van der Waals surface area contributed by atoms with Crippen LogP contribution in [-0.2, 0) is 6.42 Å². The molecule has 1 aromatic heterocycles. The van der Waals surface area contributed by atoms with Crippen molar-refractivity contribution in [1.82, 2.24) is 10.3 Å². The first-order valence-electron chi connectivity index (χ1n) is 6.17. The molecule has 0 saturated carbocycles. The Morgan fingerprint density at radius 2 is 2.06 bits per heavy atom. The largest absolute Gasteiger partial charge is 0.314 e. The first-order valence-corrected chi connectivity index (χ1v) is 6.17. The Labute approximate surface area is 99.5 Å². The number of hydrogen-bond acceptors (Lipinski definition) is 2. The van der Waals surface area contributed by atoms with Gasteiger partial charge >= 0.3 is 0 Å². The molecule has 1 heterocycles. The van der Waals surface area contributed by atoms with Gasteiger partial charge in [0.15, 0.2) is 0 Å². The zero-order chi connectivity index (χ0) is 12.0. The molecular formula is C14H24N2. The van der Waals surface area contributed by atoms with Crippen LogP contribution < -0.4 is 5.32 Å². The van der Waals surface area contributed by atoms with Crippen molar-refractivity contribution < 1.29 is 0 Å². The van der Waals surface area contributed by atoms with Crippen molar-refractivity contribution in [3.05, 3.63) is 30.1 Å². The molecule has 1 N–H and O–H groups in total. The first kappa shape index (κ1) is 13.2. The number of pyridine rings is 1. The van der Waals surface area contributed by atoms with E-state index >= 15 is 0 Å². The van der Waals surface area contributed by atoms with Gasteiger partial charge in [0.25, 0.3) is 0 Å². The maximum absolute atomic E-state index is 4.37. The average Bonchev–Trinajstić information content (AvgIpc) is 2.24. The van der Waals surface area contributed by atoms with Crippen LogP contribution in [0.1, 0.15) is 39.8 Å². The Hall–Kier alpha value is -0.890. The third-order valence-electron chi connectivity index (χ3n) is 2.91. The second kappa shape index (κ2) is 6.00. The molecular weight excluding hydrogens is 196 g/mol. The lowest BCUT2D eigenvalue weighted by Crippen LogP contribution is -2.40. The van der Waals surface area contributed by atoms with E-state index in [-0.39, 0.29) is 0 Å². The van der Waals surface area contributed by atoms with Crippen LogP contribution in [0.4, 0.5) is 0 Å². The molecule has 90 valence electrons. The zero-order valence-electron chi connectivity index (χ0n) is 11.0. The molecule has 1 unspecified atom stereocenters. The number of aromatic nitrogens is 1. The molecule has 0 spiro atoms. The number of nitrogens with one attached hydrogen (secondary N) is 1. The molecule has 0 fully saturated rings. The Balaban J connectivity index is 2.51. The third kappa shape index (κ3) is 4.31. The zero-order valence-corrected chi connectivity index (χ0v) is 11.0. The fraction of sp³-hybridized carbons (Fsp3) is 0.643. The van der Waals surface area contributed by atoms with E-state index in [0.717, 1.165) is 19.4 Å². The van der Waals surface area contributed by atoms with Crippen molar-refractivity contribution in [2.24, 2.45) is 5.41 Å². The summed E-state index contributed by atoms with van der Waals surface area (Å²) in [6.07, 6.45) is 4.07. The monoisotopic (exact) mass is 220 g/mol. The maximum Gasteiger partial charge on any atom is 0.0404 e. The molecule has 0 amide bonds. The van der Waals surface area contributed by atoms with Crippen LogP contribution in [0.15, 0.2) is 24.4 Å². The highest BCUT2D eigenvalue weighted by molar-refractivity contribution is 5.04. The number of hydrogen-bond donors (Lipinski definition) is 1. The predicted molar refractivity (Wildman–Crippen MR) is 69.5 cm³/mol. The molecule has 1 rings (SSSR count). The van der Waals surface area contributed by atoms with Crippen molar-refractivity contribution in [3.63, 3.8) is 0 Å². The highest BCUT2D eigenvalue weighted by Gasteiger charge is 2.23. The summed E-state index contributed by atoms with van der Waals surface area (Å²) in [5, 5.41) is 3.57. The van der Waals surface area contributed by atoms with Crippen molar-refractivity contribution in [3.8, 4) is 0 Å². The highest BCUT2D eigenvalue weighted by atomic mass is 14.9. The van der Waals surface area contributed by atoms with Gasteiger partial charge in [-0.05, 0) is 36.9 Å². The van der Waals surface area contributed by atoms with Crippen molar-refractivity contribution in [2.75, 3.05) is 6.54 Å². The summed E-state index contributed by atoms with van der Waals surface area (Å²) < 4.78 is 0. The Bertz CT molecular complexity index is 287. The van der Waals surface area contributed by atoms with Crippen molar-refractivity contribution >= 4 is 0 Å². The number of rotatable bonds is 5. The van der Waals surface area contributed by atoms with Crippen LogP contribution in [0.2, 0.25) is 0 Å². The van der Waals surface area contributed by atoms with Crippen LogP contribution in [0, 0.1) is 5.41 Å². The molecule has 0 bridgehead atoms. The van der Waals surface area contributed by atoms with E-state index in [0.29, 0.717) is 11.5 Å². The van der Waals surface area contributed by atoms with Gasteiger partial charge in [-0.15, -0.1) is 0 Å². The van der Waals surface area contributed by atoms with E-state index in [1.807, 2.05) is 12.3 Å². The lowest BCUT2D eigenvalue weighted by atomic mass is 9.83. The normalized spacial score (nSPS) is 13.8. The quantitative estimate of drug-likeness (QED) is 0.825. The van der Waals surface area contributed by atoms with E-state index in [4.69, 9.17) is 0 Å². The van der Waals surface area contributed by atoms with Crippen molar-refractivity contribution in [1.29, 1.82) is 0 Å². The Morgan fingerprint density at radius 1 is 1.31 bits per heavy atom. The van der Waals surface area contributed by atoms with Crippen LogP contribution in [0.5, 0.6) is 0 Å². The molecule has 2 heteroatoms. The van der Waals surface area contributed by atoms with Crippen LogP contribution in [0.25, 0.3) is 0 Å². The van der Waals surface area contributed by atoms with Gasteiger partial charge in [0.1, 0.15) is 0 Å². The summed E-state index contributed by atoms with van der Waals surface area (Å²) in [5.74, 6) is 0. The summed E-state index contributed by atoms with van der Waals surface area (Å²) in [7, 11) is 0. The lowest BCUT2D eigenvalue weighted by Gasteiger charge is -2.31. The molecule has 0 aliphatic rings. The third-order valence-corrected chi connectivity index (χ3v) is 2.91. The number of nitrogens with zero attached hydrogens (tertiary/aromatic N) is 1. The SMILES string of the molecule is CCNC(CCc1ccccn1)C(C)(C)C. The van der Waals surface area contributed by atoms with E-state index in [1.165, 1.54) is 5.69 Å². The van der Waals surface area contributed by atoms with Crippen LogP contribution in [0.3, 0.4) is 0 Å². The fourth-order valence-electron chi connectivity index (χ4n) is 1.93. The molecule has 0 aliphatic carbocycles. The molecule has 1 aromatic rings. The van der Waals surface area contributed by atoms with Gasteiger partial charge in [-0.2, -0.15) is 0 Å². The van der Waals surface area contributed by atoms with Gasteiger partial charge < -0.3 is 5.32 Å². The molecule has 0 aliphatic heterocycles. The first-order chi connectivity index (χ1) is 7.54. The van der Waals surface area contributed by atoms with Gasteiger partial charge in [0.05, 0.1) is 0 Å². The van der Waals surface area contributed by atoms with E-state index in [9.17, 15) is 0 Å². The van der Waals surface area contributed by atoms with Gasteiger partial charge in [0, 0.05) is 17.9 Å². The lowest BCUT2D eigenvalue weighted by molar-refractivity contribution is 0.258.